The molecule has 0 N–H and O–H groups in total. The summed E-state index contributed by atoms with van der Waals surface area (Å²) in [7, 11) is 0. The number of fused-ring (bicyclic) bond motifs is 1. The maximum atomic E-state index is 13.3. The molecule has 4 heteroatoms. The lowest BCUT2D eigenvalue weighted by Crippen LogP contribution is -2.17. The topological polar surface area (TPSA) is 21.5 Å². The molecule has 0 saturated carbocycles. The highest BCUT2D eigenvalue weighted by Gasteiger charge is 2.09. The van der Waals surface area contributed by atoms with Crippen molar-refractivity contribution < 1.29 is 8.78 Å². The molecule has 3 aromatic rings. The summed E-state index contributed by atoms with van der Waals surface area (Å²) in [6.07, 6.45) is 0. The maximum Gasteiger partial charge on any atom is 0.263 e. The van der Waals surface area contributed by atoms with Gasteiger partial charge in [0.05, 0.1) is 0 Å². The average Bonchev–Trinajstić information content (AvgIpc) is 2.37. The Morgan fingerprint density at radius 3 is 2.35 bits per heavy atom. The van der Waals surface area contributed by atoms with Crippen LogP contribution in [0.1, 0.15) is 5.69 Å². The molecule has 0 spiro atoms. The smallest absolute Gasteiger partial charge is 0.263 e. The van der Waals surface area contributed by atoms with E-state index in [-0.39, 0.29) is 16.7 Å². The van der Waals surface area contributed by atoms with Crippen molar-refractivity contribution in [3.05, 3.63) is 76.2 Å². The Kier molecular flexibility index (Phi) is 2.86. The number of benzene rings is 1. The SMILES string of the molecule is Cc1cccc2ccc(-c3cc(F)cc(F)c3)c(=O)n12. The summed E-state index contributed by atoms with van der Waals surface area (Å²) in [5, 5.41) is 0. The Bertz CT molecular complexity index is 848. The van der Waals surface area contributed by atoms with Crippen LogP contribution in [-0.4, -0.2) is 4.40 Å². The zero-order valence-corrected chi connectivity index (χ0v) is 10.7. The lowest BCUT2D eigenvalue weighted by molar-refractivity contribution is 0.584. The molecule has 1 aromatic carbocycles. The predicted molar refractivity (Wildman–Crippen MR) is 73.8 cm³/mol. The van der Waals surface area contributed by atoms with Gasteiger partial charge in [-0.05, 0) is 48.9 Å². The number of nitrogens with zero attached hydrogens (tertiary/aromatic N) is 1. The van der Waals surface area contributed by atoms with Crippen molar-refractivity contribution in [2.24, 2.45) is 0 Å². The molecule has 0 bridgehead atoms. The Balaban J connectivity index is 2.35. The lowest BCUT2D eigenvalue weighted by atomic mass is 10.1. The molecule has 2 heterocycles. The van der Waals surface area contributed by atoms with Crippen molar-refractivity contribution in [2.45, 2.75) is 6.92 Å². The second-order valence-corrected chi connectivity index (χ2v) is 4.64. The van der Waals surface area contributed by atoms with E-state index in [4.69, 9.17) is 0 Å². The molecular weight excluding hydrogens is 260 g/mol. The van der Waals surface area contributed by atoms with Crippen LogP contribution in [0.2, 0.25) is 0 Å². The largest absolute Gasteiger partial charge is 0.281 e. The minimum absolute atomic E-state index is 0.241. The van der Waals surface area contributed by atoms with E-state index in [1.54, 1.807) is 12.1 Å². The van der Waals surface area contributed by atoms with Crippen LogP contribution in [0.25, 0.3) is 16.6 Å². The molecule has 0 fully saturated rings. The van der Waals surface area contributed by atoms with Crippen LogP contribution >= 0.6 is 0 Å². The quantitative estimate of drug-likeness (QED) is 0.663. The van der Waals surface area contributed by atoms with Crippen LogP contribution in [0.4, 0.5) is 8.78 Å². The van der Waals surface area contributed by atoms with E-state index in [0.717, 1.165) is 29.4 Å². The lowest BCUT2D eigenvalue weighted by Gasteiger charge is -2.08. The molecule has 0 atom stereocenters. The Labute approximate surface area is 113 Å². The second kappa shape index (κ2) is 4.56. The van der Waals surface area contributed by atoms with E-state index < -0.39 is 11.6 Å². The number of aryl methyl sites for hydroxylation is 1. The fourth-order valence-corrected chi connectivity index (χ4v) is 2.34. The number of hydrogen-bond donors (Lipinski definition) is 0. The Hall–Kier alpha value is -2.49. The first-order valence-electron chi connectivity index (χ1n) is 6.14. The summed E-state index contributed by atoms with van der Waals surface area (Å²) in [4.78, 5) is 12.5. The monoisotopic (exact) mass is 271 g/mol. The summed E-state index contributed by atoms with van der Waals surface area (Å²) < 4.78 is 28.1. The summed E-state index contributed by atoms with van der Waals surface area (Å²) in [5.74, 6) is -1.40. The van der Waals surface area contributed by atoms with E-state index in [2.05, 4.69) is 0 Å². The van der Waals surface area contributed by atoms with Gasteiger partial charge in [0.15, 0.2) is 0 Å². The van der Waals surface area contributed by atoms with Gasteiger partial charge in [0, 0.05) is 22.8 Å². The standard InChI is InChI=1S/C16H11F2NO/c1-10-3-2-4-14-5-6-15(16(20)19(10)14)11-7-12(17)9-13(18)8-11/h2-9H,1H3. The van der Waals surface area contributed by atoms with Crippen molar-refractivity contribution in [3.8, 4) is 11.1 Å². The third-order valence-corrected chi connectivity index (χ3v) is 3.24. The summed E-state index contributed by atoms with van der Waals surface area (Å²) in [6, 6.07) is 11.9. The van der Waals surface area contributed by atoms with Crippen LogP contribution in [-0.2, 0) is 0 Å². The number of hydrogen-bond acceptors (Lipinski definition) is 1. The normalized spacial score (nSPS) is 10.9. The van der Waals surface area contributed by atoms with Crippen LogP contribution in [0.15, 0.2) is 53.3 Å². The molecule has 0 radical (unpaired) electrons. The highest BCUT2D eigenvalue weighted by atomic mass is 19.1. The van der Waals surface area contributed by atoms with Crippen molar-refractivity contribution in [1.29, 1.82) is 0 Å². The molecular formula is C16H11F2NO. The highest BCUT2D eigenvalue weighted by molar-refractivity contribution is 5.65. The first-order chi connectivity index (χ1) is 9.56. The first kappa shape index (κ1) is 12.5. The molecule has 0 amide bonds. The second-order valence-electron chi connectivity index (χ2n) is 4.64. The number of halogens is 2. The molecule has 0 aliphatic carbocycles. The molecule has 100 valence electrons. The zero-order valence-electron chi connectivity index (χ0n) is 10.7. The van der Waals surface area contributed by atoms with Gasteiger partial charge in [0.25, 0.3) is 5.56 Å². The minimum Gasteiger partial charge on any atom is -0.281 e. The van der Waals surface area contributed by atoms with Gasteiger partial charge < -0.3 is 0 Å². The van der Waals surface area contributed by atoms with Crippen LogP contribution in [0.5, 0.6) is 0 Å². The van der Waals surface area contributed by atoms with Crippen molar-refractivity contribution in [1.82, 2.24) is 4.40 Å². The van der Waals surface area contributed by atoms with Gasteiger partial charge >= 0.3 is 0 Å². The number of pyridine rings is 2. The van der Waals surface area contributed by atoms with Gasteiger partial charge in [-0.2, -0.15) is 0 Å². The summed E-state index contributed by atoms with van der Waals surface area (Å²) in [5.41, 5.74) is 1.74. The van der Waals surface area contributed by atoms with E-state index >= 15 is 0 Å². The van der Waals surface area contributed by atoms with Gasteiger partial charge in [0.1, 0.15) is 11.6 Å². The zero-order chi connectivity index (χ0) is 14.3. The third kappa shape index (κ3) is 1.99. The summed E-state index contributed by atoms with van der Waals surface area (Å²) >= 11 is 0. The van der Waals surface area contributed by atoms with E-state index in [0.29, 0.717) is 0 Å². The number of rotatable bonds is 1. The fraction of sp³-hybridized carbons (Fsp3) is 0.0625. The molecule has 20 heavy (non-hydrogen) atoms. The van der Waals surface area contributed by atoms with Gasteiger partial charge in [-0.3, -0.25) is 9.20 Å². The van der Waals surface area contributed by atoms with Gasteiger partial charge in [-0.1, -0.05) is 6.07 Å². The van der Waals surface area contributed by atoms with E-state index in [1.165, 1.54) is 4.40 Å². The molecule has 0 unspecified atom stereocenters. The van der Waals surface area contributed by atoms with Gasteiger partial charge in [0.2, 0.25) is 0 Å². The molecule has 2 nitrogen and oxygen atoms in total. The molecule has 3 rings (SSSR count). The maximum absolute atomic E-state index is 13.3. The average molecular weight is 271 g/mol. The molecule has 0 aliphatic heterocycles. The van der Waals surface area contributed by atoms with E-state index in [9.17, 15) is 13.6 Å². The van der Waals surface area contributed by atoms with Crippen molar-refractivity contribution in [2.75, 3.05) is 0 Å². The molecule has 2 aromatic heterocycles. The van der Waals surface area contributed by atoms with Crippen molar-refractivity contribution >= 4 is 5.52 Å². The van der Waals surface area contributed by atoms with Crippen LogP contribution in [0, 0.1) is 18.6 Å². The van der Waals surface area contributed by atoms with Crippen LogP contribution < -0.4 is 5.56 Å². The van der Waals surface area contributed by atoms with E-state index in [1.807, 2.05) is 25.1 Å². The number of aromatic nitrogens is 1. The van der Waals surface area contributed by atoms with Crippen molar-refractivity contribution in [3.63, 3.8) is 0 Å². The molecule has 0 saturated heterocycles. The fourth-order valence-electron chi connectivity index (χ4n) is 2.34. The Morgan fingerprint density at radius 1 is 0.950 bits per heavy atom. The first-order valence-corrected chi connectivity index (χ1v) is 6.14. The predicted octanol–water partition coefficient (Wildman–Crippen LogP) is 3.55. The van der Waals surface area contributed by atoms with Gasteiger partial charge in [-0.15, -0.1) is 0 Å². The summed E-state index contributed by atoms with van der Waals surface area (Å²) in [6.45, 7) is 1.81. The highest BCUT2D eigenvalue weighted by Crippen LogP contribution is 2.19. The Morgan fingerprint density at radius 2 is 1.65 bits per heavy atom. The minimum atomic E-state index is -0.700. The van der Waals surface area contributed by atoms with Crippen LogP contribution in [0.3, 0.4) is 0 Å². The molecule has 0 aliphatic rings. The third-order valence-electron chi connectivity index (χ3n) is 3.24. The van der Waals surface area contributed by atoms with Gasteiger partial charge in [-0.25, -0.2) is 8.78 Å².